The third-order valence-corrected chi connectivity index (χ3v) is 4.29. The molecule has 0 saturated carbocycles. The predicted octanol–water partition coefficient (Wildman–Crippen LogP) is 2.35. The van der Waals surface area contributed by atoms with Crippen molar-refractivity contribution in [3.05, 3.63) is 68.8 Å². The molecule has 0 aliphatic carbocycles. The lowest BCUT2D eigenvalue weighted by molar-refractivity contribution is -0.389. The molecule has 0 aliphatic heterocycles. The number of thiazole rings is 1. The smallest absolute Gasteiger partial charge is 0.358 e. The molecule has 3 rings (SSSR count). The maximum Gasteiger partial charge on any atom is 0.389 e. The Morgan fingerprint density at radius 3 is 2.77 bits per heavy atom. The number of carbonyl (C=O) groups is 1. The summed E-state index contributed by atoms with van der Waals surface area (Å²) in [6, 6.07) is 10.6. The lowest BCUT2D eigenvalue weighted by atomic mass is 10.1. The van der Waals surface area contributed by atoms with Crippen molar-refractivity contribution >= 4 is 28.2 Å². The normalized spacial score (nSPS) is 10.3. The van der Waals surface area contributed by atoms with Crippen LogP contribution in [-0.2, 0) is 17.8 Å². The van der Waals surface area contributed by atoms with Gasteiger partial charge in [0.1, 0.15) is 6.54 Å². The molecular weight excluding hydrogens is 356 g/mol. The maximum atomic E-state index is 12.0. The van der Waals surface area contributed by atoms with Gasteiger partial charge in [0.15, 0.2) is 5.13 Å². The summed E-state index contributed by atoms with van der Waals surface area (Å²) < 4.78 is 1.19. The van der Waals surface area contributed by atoms with Crippen molar-refractivity contribution in [2.45, 2.75) is 13.0 Å². The third kappa shape index (κ3) is 4.28. The highest BCUT2D eigenvalue weighted by molar-refractivity contribution is 7.15. The van der Waals surface area contributed by atoms with E-state index in [2.05, 4.69) is 21.5 Å². The lowest BCUT2D eigenvalue weighted by Crippen LogP contribution is -2.19. The monoisotopic (exact) mass is 368 g/mol. The highest BCUT2D eigenvalue weighted by Crippen LogP contribution is 2.21. The van der Waals surface area contributed by atoms with Crippen LogP contribution < -0.4 is 5.32 Å². The van der Waals surface area contributed by atoms with E-state index in [1.165, 1.54) is 28.3 Å². The molecule has 2 aromatic heterocycles. The van der Waals surface area contributed by atoms with E-state index in [0.717, 1.165) is 10.4 Å². The molecule has 1 N–H and O–H groups in total. The Morgan fingerprint density at radius 1 is 1.35 bits per heavy atom. The molecule has 1 aromatic carbocycles. The number of nitriles is 1. The van der Waals surface area contributed by atoms with Gasteiger partial charge in [0.25, 0.3) is 0 Å². The van der Waals surface area contributed by atoms with Crippen molar-refractivity contribution in [2.24, 2.45) is 0 Å². The van der Waals surface area contributed by atoms with E-state index >= 15 is 0 Å². The molecule has 0 unspecified atom stereocenters. The Hall–Kier alpha value is -3.58. The summed E-state index contributed by atoms with van der Waals surface area (Å²) in [5.41, 5.74) is 1.64. The fourth-order valence-electron chi connectivity index (χ4n) is 2.19. The van der Waals surface area contributed by atoms with Crippen LogP contribution in [0.4, 0.5) is 10.9 Å². The molecule has 3 aromatic rings. The summed E-state index contributed by atoms with van der Waals surface area (Å²) in [5, 5.41) is 26.2. The second-order valence-corrected chi connectivity index (χ2v) is 6.41. The van der Waals surface area contributed by atoms with Crippen molar-refractivity contribution in [2.75, 3.05) is 5.32 Å². The minimum atomic E-state index is -0.620. The molecule has 0 saturated heterocycles. The van der Waals surface area contributed by atoms with Crippen LogP contribution in [-0.4, -0.2) is 25.6 Å². The molecule has 0 spiro atoms. The van der Waals surface area contributed by atoms with Crippen LogP contribution in [0.25, 0.3) is 0 Å². The van der Waals surface area contributed by atoms with Crippen LogP contribution >= 0.6 is 11.3 Å². The second-order valence-electron chi connectivity index (χ2n) is 5.29. The van der Waals surface area contributed by atoms with Crippen LogP contribution in [0.2, 0.25) is 0 Å². The average Bonchev–Trinajstić information content (AvgIpc) is 3.25. The van der Waals surface area contributed by atoms with Crippen molar-refractivity contribution in [3.63, 3.8) is 0 Å². The van der Waals surface area contributed by atoms with Gasteiger partial charge in [-0.2, -0.15) is 9.94 Å². The summed E-state index contributed by atoms with van der Waals surface area (Å²) in [4.78, 5) is 27.1. The summed E-state index contributed by atoms with van der Waals surface area (Å²) in [6.07, 6.45) is 3.69. The number of amides is 1. The molecule has 0 bridgehead atoms. The Balaban J connectivity index is 1.57. The first-order valence-electron chi connectivity index (χ1n) is 7.45. The van der Waals surface area contributed by atoms with E-state index in [1.807, 2.05) is 12.1 Å². The zero-order valence-corrected chi connectivity index (χ0v) is 14.1. The van der Waals surface area contributed by atoms with Gasteiger partial charge < -0.3 is 15.4 Å². The zero-order valence-electron chi connectivity index (χ0n) is 13.3. The standard InChI is InChI=1S/C16H12N6O3S/c17-8-12-3-1-11(2-4-12)7-13-9-18-16(26-13)19-15(23)10-21-6-5-14(20-21)22(24)25/h1-6,9H,7,10H2,(H,18,19,23). The fourth-order valence-corrected chi connectivity index (χ4v) is 3.05. The summed E-state index contributed by atoms with van der Waals surface area (Å²) in [5.74, 6) is -0.681. The number of carbonyl (C=O) groups excluding carboxylic acids is 1. The highest BCUT2D eigenvalue weighted by atomic mass is 32.1. The van der Waals surface area contributed by atoms with Gasteiger partial charge in [-0.05, 0) is 22.6 Å². The number of rotatable bonds is 6. The van der Waals surface area contributed by atoms with Gasteiger partial charge in [-0.1, -0.05) is 12.1 Å². The van der Waals surface area contributed by atoms with Crippen LogP contribution in [0.15, 0.2) is 42.7 Å². The van der Waals surface area contributed by atoms with Crippen molar-refractivity contribution < 1.29 is 9.72 Å². The molecule has 130 valence electrons. The van der Waals surface area contributed by atoms with Crippen molar-refractivity contribution in [3.8, 4) is 6.07 Å². The molecule has 9 nitrogen and oxygen atoms in total. The van der Waals surface area contributed by atoms with E-state index in [1.54, 1.807) is 18.3 Å². The largest absolute Gasteiger partial charge is 0.389 e. The molecule has 0 fully saturated rings. The van der Waals surface area contributed by atoms with Crippen LogP contribution in [0.3, 0.4) is 0 Å². The third-order valence-electron chi connectivity index (χ3n) is 3.38. The first-order chi connectivity index (χ1) is 12.5. The molecule has 0 aliphatic rings. The minimum absolute atomic E-state index is 0.141. The first kappa shape index (κ1) is 17.2. The van der Waals surface area contributed by atoms with Gasteiger partial charge >= 0.3 is 5.82 Å². The molecule has 0 radical (unpaired) electrons. The van der Waals surface area contributed by atoms with Gasteiger partial charge in [-0.3, -0.25) is 4.79 Å². The van der Waals surface area contributed by atoms with Crippen LogP contribution in [0, 0.1) is 21.4 Å². The van der Waals surface area contributed by atoms with Crippen molar-refractivity contribution in [1.82, 2.24) is 14.8 Å². The number of hydrogen-bond donors (Lipinski definition) is 1. The lowest BCUT2D eigenvalue weighted by Gasteiger charge is -1.99. The van der Waals surface area contributed by atoms with E-state index in [-0.39, 0.29) is 18.3 Å². The number of anilines is 1. The Morgan fingerprint density at radius 2 is 2.12 bits per heavy atom. The fraction of sp³-hybridized carbons (Fsp3) is 0.125. The zero-order chi connectivity index (χ0) is 18.5. The average molecular weight is 368 g/mol. The predicted molar refractivity (Wildman–Crippen MR) is 93.6 cm³/mol. The molecule has 1 amide bonds. The topological polar surface area (TPSA) is 127 Å². The molecule has 0 atom stereocenters. The van der Waals surface area contributed by atoms with Crippen LogP contribution in [0.1, 0.15) is 16.0 Å². The summed E-state index contributed by atoms with van der Waals surface area (Å²) in [6.45, 7) is -0.141. The number of nitro groups is 1. The number of nitrogens with zero attached hydrogens (tertiary/aromatic N) is 5. The van der Waals surface area contributed by atoms with E-state index in [4.69, 9.17) is 5.26 Å². The summed E-state index contributed by atoms with van der Waals surface area (Å²) >= 11 is 1.34. The number of nitrogens with one attached hydrogen (secondary N) is 1. The second kappa shape index (κ2) is 7.54. The van der Waals surface area contributed by atoms with Crippen LogP contribution in [0.5, 0.6) is 0 Å². The van der Waals surface area contributed by atoms with Gasteiger partial charge in [0.05, 0.1) is 29.0 Å². The summed E-state index contributed by atoms with van der Waals surface area (Å²) in [7, 11) is 0. The molecular formula is C16H12N6O3S. The maximum absolute atomic E-state index is 12.0. The molecule has 26 heavy (non-hydrogen) atoms. The van der Waals surface area contributed by atoms with Gasteiger partial charge in [-0.15, -0.1) is 11.3 Å². The first-order valence-corrected chi connectivity index (χ1v) is 8.26. The number of hydrogen-bond acceptors (Lipinski definition) is 7. The highest BCUT2D eigenvalue weighted by Gasteiger charge is 2.14. The quantitative estimate of drug-likeness (QED) is 0.525. The van der Waals surface area contributed by atoms with Crippen molar-refractivity contribution in [1.29, 1.82) is 5.26 Å². The Bertz CT molecular complexity index is 986. The Labute approximate surface area is 151 Å². The Kier molecular flexibility index (Phi) is 5.00. The van der Waals surface area contributed by atoms with E-state index in [0.29, 0.717) is 17.1 Å². The number of benzene rings is 1. The minimum Gasteiger partial charge on any atom is -0.358 e. The van der Waals surface area contributed by atoms with Gasteiger partial charge in [-0.25, -0.2) is 4.98 Å². The number of aromatic nitrogens is 3. The van der Waals surface area contributed by atoms with Gasteiger partial charge in [0.2, 0.25) is 5.91 Å². The van der Waals surface area contributed by atoms with Gasteiger partial charge in [0, 0.05) is 17.5 Å². The molecule has 2 heterocycles. The SMILES string of the molecule is N#Cc1ccc(Cc2cnc(NC(=O)Cn3ccc([N+](=O)[O-])n3)s2)cc1. The van der Waals surface area contributed by atoms with E-state index in [9.17, 15) is 14.9 Å². The van der Waals surface area contributed by atoms with E-state index < -0.39 is 4.92 Å². The molecule has 10 heteroatoms.